The minimum absolute atomic E-state index is 0.00127. The number of ether oxygens (including phenoxy) is 2. The third kappa shape index (κ3) is 9.38. The van der Waals surface area contributed by atoms with E-state index < -0.39 is 45.7 Å². The van der Waals surface area contributed by atoms with Gasteiger partial charge < -0.3 is 25.4 Å². The molecular formula is C28H35N5O8S. The number of hydrogen-bond acceptors (Lipinski definition) is 9. The summed E-state index contributed by atoms with van der Waals surface area (Å²) in [7, 11) is -2.92. The predicted molar refractivity (Wildman–Crippen MR) is 154 cm³/mol. The van der Waals surface area contributed by atoms with E-state index in [-0.39, 0.29) is 23.7 Å². The van der Waals surface area contributed by atoms with Crippen molar-refractivity contribution in [1.82, 2.24) is 10.0 Å². The van der Waals surface area contributed by atoms with E-state index in [2.05, 4.69) is 20.2 Å². The fraction of sp³-hybridized carbons (Fsp3) is 0.393. The molecule has 3 rings (SSSR count). The number of rotatable bonds is 10. The van der Waals surface area contributed by atoms with Gasteiger partial charge in [0, 0.05) is 18.5 Å². The van der Waals surface area contributed by atoms with Crippen LogP contribution in [-0.4, -0.2) is 69.3 Å². The largest absolute Gasteiger partial charge is 0.468 e. The molecular weight excluding hydrogens is 566 g/mol. The van der Waals surface area contributed by atoms with E-state index in [1.165, 1.54) is 12.1 Å². The maximum absolute atomic E-state index is 12.7. The van der Waals surface area contributed by atoms with Gasteiger partial charge >= 0.3 is 12.1 Å². The Morgan fingerprint density at radius 3 is 2.36 bits per heavy atom. The van der Waals surface area contributed by atoms with Gasteiger partial charge in [-0.2, -0.15) is 9.71 Å². The van der Waals surface area contributed by atoms with Crippen molar-refractivity contribution in [3.05, 3.63) is 65.2 Å². The molecule has 0 bridgehead atoms. The van der Waals surface area contributed by atoms with Crippen molar-refractivity contribution in [2.75, 3.05) is 13.7 Å². The van der Waals surface area contributed by atoms with Gasteiger partial charge in [0.25, 0.3) is 0 Å². The zero-order valence-electron chi connectivity index (χ0n) is 24.0. The Morgan fingerprint density at radius 1 is 1.12 bits per heavy atom. The van der Waals surface area contributed by atoms with Crippen LogP contribution >= 0.6 is 0 Å². The lowest BCUT2D eigenvalue weighted by atomic mass is 10.0. The Hall–Kier alpha value is -4.30. The number of benzene rings is 2. The molecule has 42 heavy (non-hydrogen) atoms. The second kappa shape index (κ2) is 13.6. The van der Waals surface area contributed by atoms with Crippen LogP contribution in [-0.2, 0) is 33.9 Å². The summed E-state index contributed by atoms with van der Waals surface area (Å²) in [6, 6.07) is 11.6. The molecule has 2 amide bonds. The van der Waals surface area contributed by atoms with E-state index in [1.54, 1.807) is 57.2 Å². The number of nitrogens with one attached hydrogen (secondary N) is 2. The van der Waals surface area contributed by atoms with E-state index in [0.29, 0.717) is 17.7 Å². The number of methoxy groups -OCH3 is 1. The number of oxime groups is 1. The predicted octanol–water partition coefficient (Wildman–Crippen LogP) is 2.15. The summed E-state index contributed by atoms with van der Waals surface area (Å²) in [4.78, 5) is 45.8. The van der Waals surface area contributed by atoms with Crippen molar-refractivity contribution >= 4 is 39.5 Å². The topological polar surface area (TPSA) is 188 Å². The van der Waals surface area contributed by atoms with Gasteiger partial charge in [-0.05, 0) is 45.4 Å². The van der Waals surface area contributed by atoms with Crippen LogP contribution in [0.4, 0.5) is 4.79 Å². The molecule has 0 saturated heterocycles. The number of esters is 1. The summed E-state index contributed by atoms with van der Waals surface area (Å²) in [5.41, 5.74) is 7.94. The summed E-state index contributed by atoms with van der Waals surface area (Å²) in [6.07, 6.45) is -1.12. The minimum Gasteiger partial charge on any atom is -0.468 e. The molecule has 0 aromatic heterocycles. The second-order valence-electron chi connectivity index (χ2n) is 10.5. The number of aliphatic imine (C=N–C) groups is 1. The van der Waals surface area contributed by atoms with E-state index in [9.17, 15) is 22.8 Å². The van der Waals surface area contributed by atoms with Crippen LogP contribution in [0.15, 0.2) is 63.6 Å². The van der Waals surface area contributed by atoms with Crippen molar-refractivity contribution in [1.29, 1.82) is 0 Å². The van der Waals surface area contributed by atoms with Gasteiger partial charge in [0.05, 0.1) is 24.1 Å². The van der Waals surface area contributed by atoms with Crippen LogP contribution in [0.2, 0.25) is 0 Å². The molecule has 2 aromatic rings. The lowest BCUT2D eigenvalue weighted by molar-refractivity contribution is -0.142. The van der Waals surface area contributed by atoms with E-state index >= 15 is 0 Å². The standard InChI is InChI=1S/C28H35N5O8S/c1-17-6-12-21(13-7-17)42(37,38)33-23(26(35)39-5)16-30-24(34)15-20-14-22(32-41-20)18-8-10-19(11-9-18)25(29)31-27(36)40-28(2,3)4/h6-13,20,23,33H,14-16H2,1-5H3,(H,30,34)(H2,29,31,36)/t20?,23-/m0/s1. The monoisotopic (exact) mass is 601 g/mol. The lowest BCUT2D eigenvalue weighted by Crippen LogP contribution is -2.49. The molecule has 13 nitrogen and oxygen atoms in total. The summed E-state index contributed by atoms with van der Waals surface area (Å²) >= 11 is 0. The van der Waals surface area contributed by atoms with Crippen molar-refractivity contribution in [2.45, 2.75) is 63.2 Å². The fourth-order valence-corrected chi connectivity index (χ4v) is 4.96. The Bertz CT molecular complexity index is 1460. The van der Waals surface area contributed by atoms with Crippen molar-refractivity contribution < 1.29 is 37.1 Å². The Labute approximate surface area is 244 Å². The van der Waals surface area contributed by atoms with Crippen LogP contribution in [0.1, 0.15) is 50.3 Å². The first-order valence-corrected chi connectivity index (χ1v) is 14.5. The van der Waals surface area contributed by atoms with Crippen LogP contribution in [0.5, 0.6) is 0 Å². The van der Waals surface area contributed by atoms with E-state index in [4.69, 9.17) is 20.0 Å². The first kappa shape index (κ1) is 32.2. The van der Waals surface area contributed by atoms with Gasteiger partial charge in [-0.25, -0.2) is 13.2 Å². The molecule has 4 N–H and O–H groups in total. The van der Waals surface area contributed by atoms with E-state index in [1.807, 2.05) is 6.92 Å². The highest BCUT2D eigenvalue weighted by molar-refractivity contribution is 7.89. The molecule has 0 spiro atoms. The molecule has 0 saturated carbocycles. The third-order valence-corrected chi connectivity index (χ3v) is 7.37. The van der Waals surface area contributed by atoms with Crippen LogP contribution in [0, 0.1) is 6.92 Å². The van der Waals surface area contributed by atoms with Crippen LogP contribution < -0.4 is 15.8 Å². The maximum atomic E-state index is 12.7. The zero-order chi connectivity index (χ0) is 31.1. The van der Waals surface area contributed by atoms with Crippen LogP contribution in [0.3, 0.4) is 0 Å². The molecule has 1 heterocycles. The summed E-state index contributed by atoms with van der Waals surface area (Å²) in [6.45, 7) is 6.66. The molecule has 2 atom stereocenters. The van der Waals surface area contributed by atoms with E-state index in [0.717, 1.165) is 18.2 Å². The molecule has 1 aliphatic heterocycles. The number of amides is 2. The Balaban J connectivity index is 1.53. The number of carbonyl (C=O) groups is 3. The molecule has 0 fully saturated rings. The van der Waals surface area contributed by atoms with Gasteiger partial charge in [0.1, 0.15) is 23.6 Å². The van der Waals surface area contributed by atoms with Crippen molar-refractivity contribution in [3.63, 3.8) is 0 Å². The van der Waals surface area contributed by atoms with Gasteiger partial charge in [0.15, 0.2) is 0 Å². The fourth-order valence-electron chi connectivity index (χ4n) is 3.77. The Morgan fingerprint density at radius 2 is 1.76 bits per heavy atom. The number of sulfonamides is 1. The smallest absolute Gasteiger partial charge is 0.436 e. The highest BCUT2D eigenvalue weighted by atomic mass is 32.2. The van der Waals surface area contributed by atoms with Gasteiger partial charge in [-0.15, -0.1) is 0 Å². The summed E-state index contributed by atoms with van der Waals surface area (Å²) in [5, 5.41) is 6.61. The van der Waals surface area contributed by atoms with Crippen molar-refractivity contribution in [3.8, 4) is 0 Å². The summed E-state index contributed by atoms with van der Waals surface area (Å²) < 4.78 is 37.6. The number of hydrogen-bond donors (Lipinski definition) is 3. The number of nitrogens with zero attached hydrogens (tertiary/aromatic N) is 2. The molecule has 1 unspecified atom stereocenters. The molecule has 1 aliphatic rings. The quantitative estimate of drug-likeness (QED) is 0.208. The number of nitrogens with two attached hydrogens (primary N) is 1. The minimum atomic E-state index is -4.04. The van der Waals surface area contributed by atoms with Gasteiger partial charge in [0.2, 0.25) is 15.9 Å². The molecule has 2 aromatic carbocycles. The average molecular weight is 602 g/mol. The molecule has 226 valence electrons. The summed E-state index contributed by atoms with van der Waals surface area (Å²) in [5.74, 6) is -1.32. The lowest BCUT2D eigenvalue weighted by Gasteiger charge is -2.18. The SMILES string of the molecule is COC(=O)[C@H](CNC(=O)CC1CC(c2ccc(/C(N)=N\C(=O)OC(C)(C)C)cc2)=NO1)NS(=O)(=O)c1ccc(C)cc1. The zero-order valence-corrected chi connectivity index (χ0v) is 24.9. The van der Waals surface area contributed by atoms with Crippen LogP contribution in [0.25, 0.3) is 0 Å². The molecule has 14 heteroatoms. The first-order valence-electron chi connectivity index (χ1n) is 13.0. The van der Waals surface area contributed by atoms with Gasteiger partial charge in [-0.1, -0.05) is 47.1 Å². The number of aryl methyl sites for hydroxylation is 1. The number of amidine groups is 1. The third-order valence-electron chi connectivity index (χ3n) is 5.88. The maximum Gasteiger partial charge on any atom is 0.436 e. The highest BCUT2D eigenvalue weighted by Crippen LogP contribution is 2.20. The average Bonchev–Trinajstić information content (AvgIpc) is 3.38. The Kier molecular flexibility index (Phi) is 10.4. The first-order chi connectivity index (χ1) is 19.7. The van der Waals surface area contributed by atoms with Gasteiger partial charge in [-0.3, -0.25) is 9.59 Å². The molecule has 0 aliphatic carbocycles. The number of carbonyl (C=O) groups excluding carboxylic acids is 3. The second-order valence-corrected chi connectivity index (χ2v) is 12.3. The molecule has 0 radical (unpaired) electrons. The van der Waals surface area contributed by atoms with Crippen molar-refractivity contribution in [2.24, 2.45) is 15.9 Å². The normalized spacial score (nSPS) is 16.2. The highest BCUT2D eigenvalue weighted by Gasteiger charge is 2.29.